The summed E-state index contributed by atoms with van der Waals surface area (Å²) in [6.07, 6.45) is 0.164. The fraction of sp³-hybridized carbons (Fsp3) is 0.0556. The number of fused-ring (bicyclic) bond motifs is 3. The molecule has 2 aliphatic rings. The Hall–Kier alpha value is -3.56. The smallest absolute Gasteiger partial charge is 0.278 e. The van der Waals surface area contributed by atoms with Crippen molar-refractivity contribution < 1.29 is 19.1 Å². The highest BCUT2D eigenvalue weighted by Gasteiger charge is 2.45. The Labute approximate surface area is 152 Å². The van der Waals surface area contributed by atoms with Crippen molar-refractivity contribution in [3.05, 3.63) is 93.5 Å². The zero-order chi connectivity index (χ0) is 18.5. The summed E-state index contributed by atoms with van der Waals surface area (Å²) in [7, 11) is 0. The van der Waals surface area contributed by atoms with Crippen molar-refractivity contribution >= 4 is 17.0 Å². The predicted molar refractivity (Wildman–Crippen MR) is 92.3 cm³/mol. The maximum Gasteiger partial charge on any atom is 0.278 e. The van der Waals surface area contributed by atoms with E-state index in [1.165, 1.54) is 18.2 Å². The number of quaternary nitrogens is 1. The first-order chi connectivity index (χ1) is 13.1. The molecular weight excluding hydrogens is 353 g/mol. The Morgan fingerprint density at radius 2 is 1.85 bits per heavy atom. The Balaban J connectivity index is 1.74. The van der Waals surface area contributed by atoms with Crippen LogP contribution in [0.2, 0.25) is 0 Å². The van der Waals surface area contributed by atoms with E-state index in [-0.39, 0.29) is 29.2 Å². The third kappa shape index (κ3) is 2.26. The number of rotatable bonds is 2. The van der Waals surface area contributed by atoms with Gasteiger partial charge in [0.1, 0.15) is 0 Å². The molecule has 1 N–H and O–H groups in total. The van der Waals surface area contributed by atoms with E-state index in [9.17, 15) is 14.8 Å². The molecule has 27 heavy (non-hydrogen) atoms. The van der Waals surface area contributed by atoms with Crippen LogP contribution in [0, 0.1) is 16.2 Å². The average Bonchev–Trinajstić information content (AvgIpc) is 3.23. The maximum absolute atomic E-state index is 14.2. The fourth-order valence-electron chi connectivity index (χ4n) is 3.36. The summed E-state index contributed by atoms with van der Waals surface area (Å²) in [6, 6.07) is 15.1. The average molecular weight is 365 g/mol. The van der Waals surface area contributed by atoms with E-state index in [1.54, 1.807) is 6.07 Å². The van der Waals surface area contributed by atoms with Gasteiger partial charge in [0.25, 0.3) is 5.69 Å². The van der Waals surface area contributed by atoms with Gasteiger partial charge in [0.05, 0.1) is 6.42 Å². The van der Waals surface area contributed by atoms with Gasteiger partial charge < -0.3 is 10.4 Å². The van der Waals surface area contributed by atoms with Gasteiger partial charge in [-0.15, -0.1) is 5.10 Å². The van der Waals surface area contributed by atoms with Gasteiger partial charge in [0.15, 0.2) is 17.2 Å². The van der Waals surface area contributed by atoms with Crippen LogP contribution in [-0.4, -0.2) is 10.9 Å². The van der Waals surface area contributed by atoms with Gasteiger partial charge in [-0.2, -0.15) is 0 Å². The Bertz CT molecular complexity index is 1110. The van der Waals surface area contributed by atoms with Gasteiger partial charge >= 0.3 is 0 Å². The van der Waals surface area contributed by atoms with Crippen LogP contribution < -0.4 is 15.2 Å². The van der Waals surface area contributed by atoms with Crippen molar-refractivity contribution in [3.8, 4) is 0 Å². The lowest BCUT2D eigenvalue weighted by atomic mass is 9.90. The van der Waals surface area contributed by atoms with Gasteiger partial charge in [-0.3, -0.25) is 4.63 Å². The van der Waals surface area contributed by atoms with E-state index < -0.39 is 11.0 Å². The molecule has 0 spiro atoms. The maximum atomic E-state index is 14.2. The quantitative estimate of drug-likeness (QED) is 0.682. The van der Waals surface area contributed by atoms with Gasteiger partial charge in [-0.05, 0) is 22.6 Å². The summed E-state index contributed by atoms with van der Waals surface area (Å²) < 4.78 is 19.0. The monoisotopic (exact) mass is 365 g/mol. The Kier molecular flexibility index (Phi) is 3.33. The third-order valence-corrected chi connectivity index (χ3v) is 4.62. The molecule has 5 rings (SSSR count). The summed E-state index contributed by atoms with van der Waals surface area (Å²) in [6.45, 7) is 0. The second-order valence-corrected chi connectivity index (χ2v) is 6.14. The number of nitrogens with one attached hydrogen (secondary N) is 1. The van der Waals surface area contributed by atoms with Gasteiger partial charge in [-0.25, -0.2) is 9.56 Å². The van der Waals surface area contributed by atoms with E-state index in [0.717, 1.165) is 10.7 Å². The summed E-state index contributed by atoms with van der Waals surface area (Å²) in [5, 5.41) is 33.7. The molecule has 1 unspecified atom stereocenters. The second kappa shape index (κ2) is 5.73. The zero-order valence-electron chi connectivity index (χ0n) is 13.8. The van der Waals surface area contributed by atoms with E-state index in [0.29, 0.717) is 16.2 Å². The number of aromatic nitrogens is 2. The molecule has 134 valence electrons. The van der Waals surface area contributed by atoms with E-state index in [2.05, 4.69) is 10.3 Å². The minimum atomic E-state index is -0.574. The fourth-order valence-corrected chi connectivity index (χ4v) is 3.36. The molecule has 0 fully saturated rings. The van der Waals surface area contributed by atoms with Gasteiger partial charge in [0.2, 0.25) is 11.4 Å². The van der Waals surface area contributed by atoms with Crippen LogP contribution >= 0.6 is 0 Å². The van der Waals surface area contributed by atoms with Crippen molar-refractivity contribution in [3.63, 3.8) is 0 Å². The first-order valence-corrected chi connectivity index (χ1v) is 8.20. The molecular formula is C18H12FN5O3. The normalized spacial score (nSPS) is 18.4. The number of hydrogen-bond acceptors (Lipinski definition) is 6. The van der Waals surface area contributed by atoms with Crippen LogP contribution in [0.15, 0.2) is 70.0 Å². The highest BCUT2D eigenvalue weighted by atomic mass is 19.1. The van der Waals surface area contributed by atoms with Crippen LogP contribution in [0.25, 0.3) is 5.57 Å². The molecule has 2 aromatic carbocycles. The van der Waals surface area contributed by atoms with Crippen LogP contribution in [0.3, 0.4) is 0 Å². The van der Waals surface area contributed by atoms with Crippen molar-refractivity contribution in [2.45, 2.75) is 6.42 Å². The number of allylic oxidation sites excluding steroid dienone is 2. The number of halogens is 1. The highest BCUT2D eigenvalue weighted by molar-refractivity contribution is 6.17. The molecule has 1 aliphatic carbocycles. The second-order valence-electron chi connectivity index (χ2n) is 6.14. The van der Waals surface area contributed by atoms with E-state index in [1.807, 2.05) is 30.3 Å². The van der Waals surface area contributed by atoms with Crippen LogP contribution in [0.5, 0.6) is 0 Å². The molecule has 8 nitrogen and oxygen atoms in total. The number of benzene rings is 2. The Morgan fingerprint density at radius 3 is 2.63 bits per heavy atom. The van der Waals surface area contributed by atoms with Crippen LogP contribution in [0.1, 0.15) is 17.0 Å². The molecule has 0 bridgehead atoms. The van der Waals surface area contributed by atoms with Gasteiger partial charge in [-0.1, -0.05) is 47.6 Å². The van der Waals surface area contributed by atoms with Crippen molar-refractivity contribution in [1.82, 2.24) is 5.16 Å². The number of hydrogen-bond donors (Lipinski definition) is 1. The Morgan fingerprint density at radius 1 is 1.11 bits per heavy atom. The number of nitrogens with zero attached hydrogens (tertiary/aromatic N) is 4. The van der Waals surface area contributed by atoms with Crippen LogP contribution in [0.4, 0.5) is 10.1 Å². The number of anilines is 1. The number of hydrazone groups is 1. The summed E-state index contributed by atoms with van der Waals surface area (Å²) in [4.78, 5) is 0.313. The lowest BCUT2D eigenvalue weighted by molar-refractivity contribution is -0.809. The van der Waals surface area contributed by atoms with Crippen molar-refractivity contribution in [2.75, 3.05) is 5.12 Å². The zero-order valence-corrected chi connectivity index (χ0v) is 13.8. The largest absolute Gasteiger partial charge is 0.601 e. The molecule has 0 saturated heterocycles. The first-order valence-electron chi connectivity index (χ1n) is 8.20. The molecule has 0 radical (unpaired) electrons. The molecule has 9 heteroatoms. The van der Waals surface area contributed by atoms with E-state index in [4.69, 9.17) is 4.63 Å². The topological polar surface area (TPSA) is 96.1 Å². The predicted octanol–water partition coefficient (Wildman–Crippen LogP) is 0.937. The van der Waals surface area contributed by atoms with Gasteiger partial charge in [0, 0.05) is 10.7 Å². The van der Waals surface area contributed by atoms with Crippen molar-refractivity contribution in [2.24, 2.45) is 5.10 Å². The SMILES string of the molecule is [O-][n+]1onc2c1CC(c1ccccc1)=C1C2=NN(c2ccccc2F)[NH+]1[O-]. The molecule has 1 aromatic heterocycles. The molecule has 1 aliphatic heterocycles. The van der Waals surface area contributed by atoms with E-state index >= 15 is 0 Å². The first kappa shape index (κ1) is 15.7. The number of para-hydroxylation sites is 1. The third-order valence-electron chi connectivity index (χ3n) is 4.62. The number of hydroxylamine groups is 1. The minimum Gasteiger partial charge on any atom is -0.601 e. The van der Waals surface area contributed by atoms with Crippen molar-refractivity contribution in [1.29, 1.82) is 0 Å². The lowest BCUT2D eigenvalue weighted by Crippen LogP contribution is -3.11. The molecule has 3 aromatic rings. The minimum absolute atomic E-state index is 0.0318. The van der Waals surface area contributed by atoms with Crippen LogP contribution in [-0.2, 0) is 6.42 Å². The summed E-state index contributed by atoms with van der Waals surface area (Å²) in [5.41, 5.74) is 2.40. The molecule has 1 atom stereocenters. The standard InChI is InChI=1S/C18H12FN5O3/c19-13-8-4-5-9-14(13)22-20-17-16-15(24(26)27-21-16)10-12(18(17)23(22)25)11-6-2-1-3-7-11/h1-9,23H,10H2. The molecule has 0 amide bonds. The summed E-state index contributed by atoms with van der Waals surface area (Å²) >= 11 is 0. The highest BCUT2D eigenvalue weighted by Crippen LogP contribution is 2.31. The molecule has 0 saturated carbocycles. The lowest BCUT2D eigenvalue weighted by Gasteiger charge is -2.27. The molecule has 2 heterocycles. The summed E-state index contributed by atoms with van der Waals surface area (Å²) in [5.74, 6) is -0.574.